The molecule has 0 fully saturated rings. The van der Waals surface area contributed by atoms with Gasteiger partial charge in [0, 0.05) is 7.11 Å². The largest absolute Gasteiger partial charge is 0.491 e. The molecule has 0 aliphatic carbocycles. The zero-order valence-electron chi connectivity index (χ0n) is 10.7. The Bertz CT molecular complexity index is 259. The predicted octanol–water partition coefficient (Wildman–Crippen LogP) is 1.46. The van der Waals surface area contributed by atoms with Gasteiger partial charge in [0.05, 0.1) is 18.8 Å². The first kappa shape index (κ1) is 15.9. The summed E-state index contributed by atoms with van der Waals surface area (Å²) in [7, 11) is 1.56. The molecule has 98 valence electrons. The first-order valence-corrected chi connectivity index (χ1v) is 5.59. The summed E-state index contributed by atoms with van der Waals surface area (Å²) in [5, 5.41) is 17.3. The molecule has 17 heavy (non-hydrogen) atoms. The van der Waals surface area contributed by atoms with Crippen LogP contribution in [0.4, 0.5) is 0 Å². The molecular formula is C13H22O4. The van der Waals surface area contributed by atoms with Gasteiger partial charge in [0.1, 0.15) is 12.4 Å². The van der Waals surface area contributed by atoms with E-state index in [1.54, 1.807) is 21.0 Å². The Morgan fingerprint density at radius 1 is 1.00 bits per heavy atom. The standard InChI is InChI=1S/C9H12O2.C4H10O2/c1-8(10)7-11-9-5-3-2-4-6-9;1-4(5)3-6-2/h2-6,8,10H,7H2,1H3;4-5H,3H2,1-2H3. The third kappa shape index (κ3) is 11.2. The number of aliphatic hydroxyl groups is 2. The summed E-state index contributed by atoms with van der Waals surface area (Å²) in [4.78, 5) is 0. The molecule has 4 nitrogen and oxygen atoms in total. The minimum atomic E-state index is -0.407. The molecule has 0 radical (unpaired) electrons. The summed E-state index contributed by atoms with van der Waals surface area (Å²) < 4.78 is 9.77. The number of rotatable bonds is 5. The third-order valence-electron chi connectivity index (χ3n) is 1.64. The average Bonchev–Trinajstić information content (AvgIpc) is 2.28. The first-order valence-electron chi connectivity index (χ1n) is 5.59. The summed E-state index contributed by atoms with van der Waals surface area (Å²) in [5.41, 5.74) is 0. The van der Waals surface area contributed by atoms with Crippen LogP contribution in [-0.2, 0) is 4.74 Å². The highest BCUT2D eigenvalue weighted by molar-refractivity contribution is 5.20. The molecule has 2 atom stereocenters. The molecule has 2 N–H and O–H groups in total. The molecule has 2 unspecified atom stereocenters. The smallest absolute Gasteiger partial charge is 0.119 e. The maximum atomic E-state index is 8.89. The Labute approximate surface area is 103 Å². The number of ether oxygens (including phenoxy) is 2. The second kappa shape index (κ2) is 10.1. The van der Waals surface area contributed by atoms with Crippen molar-refractivity contribution in [2.24, 2.45) is 0 Å². The van der Waals surface area contributed by atoms with Crippen molar-refractivity contribution in [1.82, 2.24) is 0 Å². The van der Waals surface area contributed by atoms with Crippen LogP contribution in [0.1, 0.15) is 13.8 Å². The van der Waals surface area contributed by atoms with Crippen molar-refractivity contribution in [3.05, 3.63) is 30.3 Å². The molecule has 0 saturated heterocycles. The lowest BCUT2D eigenvalue weighted by Gasteiger charge is -2.06. The lowest BCUT2D eigenvalue weighted by atomic mass is 10.3. The summed E-state index contributed by atoms with van der Waals surface area (Å²) in [5.74, 6) is 0.799. The van der Waals surface area contributed by atoms with Crippen LogP contribution < -0.4 is 4.74 Å². The van der Waals surface area contributed by atoms with Crippen molar-refractivity contribution in [3.63, 3.8) is 0 Å². The molecule has 4 heteroatoms. The van der Waals surface area contributed by atoms with Crippen LogP contribution >= 0.6 is 0 Å². The summed E-state index contributed by atoms with van der Waals surface area (Å²) in [6, 6.07) is 9.45. The molecule has 0 amide bonds. The van der Waals surface area contributed by atoms with Crippen LogP contribution in [0, 0.1) is 0 Å². The van der Waals surface area contributed by atoms with Gasteiger partial charge in [0.25, 0.3) is 0 Å². The van der Waals surface area contributed by atoms with Crippen molar-refractivity contribution < 1.29 is 19.7 Å². The Morgan fingerprint density at radius 2 is 1.53 bits per heavy atom. The van der Waals surface area contributed by atoms with Crippen molar-refractivity contribution in [2.75, 3.05) is 20.3 Å². The molecule has 1 aromatic carbocycles. The normalized spacial score (nSPS) is 13.2. The topological polar surface area (TPSA) is 58.9 Å². The van der Waals surface area contributed by atoms with E-state index in [1.165, 1.54) is 0 Å². The van der Waals surface area contributed by atoms with Gasteiger partial charge >= 0.3 is 0 Å². The first-order chi connectivity index (χ1) is 8.06. The molecule has 0 bridgehead atoms. The molecule has 0 aliphatic heterocycles. The van der Waals surface area contributed by atoms with E-state index in [2.05, 4.69) is 4.74 Å². The van der Waals surface area contributed by atoms with Crippen LogP contribution in [-0.4, -0.2) is 42.7 Å². The zero-order chi connectivity index (χ0) is 13.1. The third-order valence-corrected chi connectivity index (χ3v) is 1.64. The van der Waals surface area contributed by atoms with E-state index in [0.29, 0.717) is 13.2 Å². The minimum absolute atomic E-state index is 0.324. The molecule has 0 aliphatic rings. The molecule has 1 aromatic rings. The minimum Gasteiger partial charge on any atom is -0.491 e. The van der Waals surface area contributed by atoms with Crippen LogP contribution in [0.5, 0.6) is 5.75 Å². The number of hydrogen-bond donors (Lipinski definition) is 2. The van der Waals surface area contributed by atoms with Gasteiger partial charge < -0.3 is 19.7 Å². The highest BCUT2D eigenvalue weighted by Gasteiger charge is 1.95. The fourth-order valence-electron chi connectivity index (χ4n) is 0.975. The zero-order valence-corrected chi connectivity index (χ0v) is 10.7. The second-order valence-corrected chi connectivity index (χ2v) is 3.78. The molecule has 0 spiro atoms. The van der Waals surface area contributed by atoms with Gasteiger partial charge in [-0.25, -0.2) is 0 Å². The van der Waals surface area contributed by atoms with E-state index in [1.807, 2.05) is 30.3 Å². The second-order valence-electron chi connectivity index (χ2n) is 3.78. The fourth-order valence-corrected chi connectivity index (χ4v) is 0.975. The predicted molar refractivity (Wildman–Crippen MR) is 67.2 cm³/mol. The van der Waals surface area contributed by atoms with Crippen molar-refractivity contribution in [2.45, 2.75) is 26.1 Å². The van der Waals surface area contributed by atoms with Gasteiger partial charge in [-0.3, -0.25) is 0 Å². The van der Waals surface area contributed by atoms with Gasteiger partial charge in [0.2, 0.25) is 0 Å². The van der Waals surface area contributed by atoms with Crippen LogP contribution in [0.15, 0.2) is 30.3 Å². The van der Waals surface area contributed by atoms with Crippen molar-refractivity contribution in [3.8, 4) is 5.75 Å². The summed E-state index contributed by atoms with van der Waals surface area (Å²) in [6.07, 6.45) is -0.731. The highest BCUT2D eigenvalue weighted by atomic mass is 16.5. The van der Waals surface area contributed by atoms with E-state index in [0.717, 1.165) is 5.75 Å². The van der Waals surface area contributed by atoms with Crippen molar-refractivity contribution in [1.29, 1.82) is 0 Å². The molecule has 1 rings (SSSR count). The number of hydrogen-bond acceptors (Lipinski definition) is 4. The van der Waals surface area contributed by atoms with E-state index < -0.39 is 6.10 Å². The lowest BCUT2D eigenvalue weighted by molar-refractivity contribution is 0.0765. The monoisotopic (exact) mass is 242 g/mol. The maximum Gasteiger partial charge on any atom is 0.119 e. The van der Waals surface area contributed by atoms with E-state index in [9.17, 15) is 0 Å². The van der Waals surface area contributed by atoms with Crippen LogP contribution in [0.3, 0.4) is 0 Å². The fraction of sp³-hybridized carbons (Fsp3) is 0.538. The van der Waals surface area contributed by atoms with Crippen molar-refractivity contribution >= 4 is 0 Å². The molecule has 0 heterocycles. The van der Waals surface area contributed by atoms with Gasteiger partial charge in [-0.15, -0.1) is 0 Å². The van der Waals surface area contributed by atoms with E-state index in [-0.39, 0.29) is 6.10 Å². The Balaban J connectivity index is 0.000000366. The Hall–Kier alpha value is -1.10. The van der Waals surface area contributed by atoms with Gasteiger partial charge in [-0.1, -0.05) is 18.2 Å². The lowest BCUT2D eigenvalue weighted by Crippen LogP contribution is -2.12. The number of aliphatic hydroxyl groups excluding tert-OH is 2. The highest BCUT2D eigenvalue weighted by Crippen LogP contribution is 2.07. The van der Waals surface area contributed by atoms with Crippen LogP contribution in [0.2, 0.25) is 0 Å². The van der Waals surface area contributed by atoms with E-state index in [4.69, 9.17) is 14.9 Å². The summed E-state index contributed by atoms with van der Waals surface area (Å²) in [6.45, 7) is 4.16. The van der Waals surface area contributed by atoms with Gasteiger partial charge in [-0.2, -0.15) is 0 Å². The molecule has 0 saturated carbocycles. The molecule has 0 aromatic heterocycles. The average molecular weight is 242 g/mol. The van der Waals surface area contributed by atoms with E-state index >= 15 is 0 Å². The van der Waals surface area contributed by atoms with Crippen LogP contribution in [0.25, 0.3) is 0 Å². The van der Waals surface area contributed by atoms with Gasteiger partial charge in [-0.05, 0) is 26.0 Å². The Morgan fingerprint density at radius 3 is 1.88 bits per heavy atom. The number of methoxy groups -OCH3 is 1. The Kier molecular flexibility index (Phi) is 9.43. The quantitative estimate of drug-likeness (QED) is 0.820. The summed E-state index contributed by atoms with van der Waals surface area (Å²) >= 11 is 0. The maximum absolute atomic E-state index is 8.89. The number of benzene rings is 1. The molecular weight excluding hydrogens is 220 g/mol. The number of para-hydroxylation sites is 1. The SMILES string of the molecule is CC(O)COc1ccccc1.COCC(C)O. The van der Waals surface area contributed by atoms with Gasteiger partial charge in [0.15, 0.2) is 0 Å².